The molecule has 4 bridgehead atoms. The molecule has 0 heterocycles. The van der Waals surface area contributed by atoms with Crippen LogP contribution in [0.3, 0.4) is 0 Å². The Hall–Kier alpha value is -0.120. The van der Waals surface area contributed by atoms with Gasteiger partial charge in [-0.15, -0.1) is 0 Å². The molecule has 3 nitrogen and oxygen atoms in total. The summed E-state index contributed by atoms with van der Waals surface area (Å²) in [6.07, 6.45) is 5.19. The summed E-state index contributed by atoms with van der Waals surface area (Å²) in [7, 11) is 0. The Kier molecular flexibility index (Phi) is 2.07. The third kappa shape index (κ3) is 1.60. The fourth-order valence-electron chi connectivity index (χ4n) is 5.11. The van der Waals surface area contributed by atoms with Crippen LogP contribution in [-0.2, 0) is 0 Å². The molecule has 92 valence electrons. The number of hydrogen-bond donors (Lipinski definition) is 3. The van der Waals surface area contributed by atoms with Gasteiger partial charge in [0.25, 0.3) is 0 Å². The molecule has 2 atom stereocenters. The van der Waals surface area contributed by atoms with Gasteiger partial charge in [-0.3, -0.25) is 0 Å². The van der Waals surface area contributed by atoms with E-state index in [2.05, 4.69) is 19.2 Å². The van der Waals surface area contributed by atoms with Gasteiger partial charge in [-0.05, 0) is 38.0 Å². The zero-order valence-corrected chi connectivity index (χ0v) is 10.3. The van der Waals surface area contributed by atoms with Crippen molar-refractivity contribution in [3.63, 3.8) is 0 Å². The van der Waals surface area contributed by atoms with Gasteiger partial charge >= 0.3 is 0 Å². The molecule has 0 radical (unpaired) electrons. The molecule has 2 unspecified atom stereocenters. The SMILES string of the molecule is CC(C)NC12CC3CC(O)(CC(O)(C3)C1)C2. The summed E-state index contributed by atoms with van der Waals surface area (Å²) in [5.74, 6) is 0.512. The largest absolute Gasteiger partial charge is 0.390 e. The number of aliphatic hydroxyl groups is 2. The number of rotatable bonds is 2. The molecule has 4 aliphatic carbocycles. The summed E-state index contributed by atoms with van der Waals surface area (Å²) in [5.41, 5.74) is -1.21. The van der Waals surface area contributed by atoms with E-state index in [4.69, 9.17) is 0 Å². The molecule has 0 aliphatic heterocycles. The topological polar surface area (TPSA) is 52.5 Å². The molecule has 0 aromatic rings. The van der Waals surface area contributed by atoms with Gasteiger partial charge in [0.05, 0.1) is 11.2 Å². The first-order chi connectivity index (χ1) is 7.32. The normalized spacial score (nSPS) is 54.9. The van der Waals surface area contributed by atoms with E-state index in [9.17, 15) is 10.2 Å². The van der Waals surface area contributed by atoms with Crippen molar-refractivity contribution in [3.05, 3.63) is 0 Å². The van der Waals surface area contributed by atoms with Crippen LogP contribution in [-0.4, -0.2) is 33.0 Å². The van der Waals surface area contributed by atoms with E-state index in [1.54, 1.807) is 0 Å². The van der Waals surface area contributed by atoms with Gasteiger partial charge in [-0.25, -0.2) is 0 Å². The van der Waals surface area contributed by atoms with Crippen molar-refractivity contribution in [2.24, 2.45) is 5.92 Å². The number of hydrogen-bond acceptors (Lipinski definition) is 3. The highest BCUT2D eigenvalue weighted by Gasteiger charge is 2.62. The maximum absolute atomic E-state index is 10.5. The van der Waals surface area contributed by atoms with Crippen LogP contribution in [0.25, 0.3) is 0 Å². The summed E-state index contributed by atoms with van der Waals surface area (Å²) in [4.78, 5) is 0. The fourth-order valence-corrected chi connectivity index (χ4v) is 5.11. The van der Waals surface area contributed by atoms with Crippen molar-refractivity contribution in [2.45, 2.75) is 75.2 Å². The van der Waals surface area contributed by atoms with E-state index in [0.717, 1.165) is 32.1 Å². The summed E-state index contributed by atoms with van der Waals surface area (Å²) < 4.78 is 0. The monoisotopic (exact) mass is 225 g/mol. The molecule has 4 aliphatic rings. The second-order valence-corrected chi connectivity index (χ2v) is 7.04. The Morgan fingerprint density at radius 2 is 1.56 bits per heavy atom. The third-order valence-corrected chi connectivity index (χ3v) is 4.60. The average molecular weight is 225 g/mol. The van der Waals surface area contributed by atoms with E-state index in [0.29, 0.717) is 18.4 Å². The predicted octanol–water partition coefficient (Wildman–Crippen LogP) is 1.18. The van der Waals surface area contributed by atoms with Crippen molar-refractivity contribution in [1.29, 1.82) is 0 Å². The van der Waals surface area contributed by atoms with Gasteiger partial charge in [0.1, 0.15) is 0 Å². The first-order valence-corrected chi connectivity index (χ1v) is 6.55. The smallest absolute Gasteiger partial charge is 0.0695 e. The molecule has 0 aromatic carbocycles. The van der Waals surface area contributed by atoms with E-state index < -0.39 is 11.2 Å². The molecular weight excluding hydrogens is 202 g/mol. The molecule has 3 N–H and O–H groups in total. The Morgan fingerprint density at radius 1 is 1.00 bits per heavy atom. The van der Waals surface area contributed by atoms with Crippen LogP contribution >= 0.6 is 0 Å². The average Bonchev–Trinajstić information content (AvgIpc) is 1.91. The Morgan fingerprint density at radius 3 is 2.00 bits per heavy atom. The summed E-state index contributed by atoms with van der Waals surface area (Å²) >= 11 is 0. The lowest BCUT2D eigenvalue weighted by molar-refractivity contribution is -0.212. The summed E-state index contributed by atoms with van der Waals surface area (Å²) in [5, 5.41) is 24.7. The summed E-state index contributed by atoms with van der Waals surface area (Å²) in [6.45, 7) is 4.29. The molecule has 3 heteroatoms. The third-order valence-electron chi connectivity index (χ3n) is 4.60. The maximum Gasteiger partial charge on any atom is 0.0695 e. The minimum Gasteiger partial charge on any atom is -0.390 e. The van der Waals surface area contributed by atoms with Crippen molar-refractivity contribution in [3.8, 4) is 0 Å². The highest BCUT2D eigenvalue weighted by Crippen LogP contribution is 2.59. The van der Waals surface area contributed by atoms with E-state index in [1.807, 2.05) is 0 Å². The number of nitrogens with one attached hydrogen (secondary N) is 1. The maximum atomic E-state index is 10.5. The Bertz CT molecular complexity index is 293. The first-order valence-electron chi connectivity index (χ1n) is 6.55. The molecule has 16 heavy (non-hydrogen) atoms. The lowest BCUT2D eigenvalue weighted by Crippen LogP contribution is -2.70. The van der Waals surface area contributed by atoms with Crippen LogP contribution in [0.15, 0.2) is 0 Å². The zero-order chi connectivity index (χ0) is 11.6. The van der Waals surface area contributed by atoms with Crippen molar-refractivity contribution in [2.75, 3.05) is 0 Å². The van der Waals surface area contributed by atoms with E-state index in [1.165, 1.54) is 0 Å². The van der Waals surface area contributed by atoms with Crippen LogP contribution in [0.5, 0.6) is 0 Å². The molecule has 0 amide bonds. The lowest BCUT2D eigenvalue weighted by atomic mass is 9.49. The van der Waals surface area contributed by atoms with Crippen molar-refractivity contribution in [1.82, 2.24) is 5.32 Å². The van der Waals surface area contributed by atoms with Gasteiger partial charge < -0.3 is 15.5 Å². The standard InChI is InChI=1S/C13H23NO2/c1-9(2)14-11-3-10-4-12(15,6-11)8-13(16,5-10)7-11/h9-10,14-16H,3-8H2,1-2H3. The molecule has 4 fully saturated rings. The van der Waals surface area contributed by atoms with Crippen molar-refractivity contribution < 1.29 is 10.2 Å². The van der Waals surface area contributed by atoms with Crippen molar-refractivity contribution >= 4 is 0 Å². The van der Waals surface area contributed by atoms with Crippen LogP contribution in [0.2, 0.25) is 0 Å². The predicted molar refractivity (Wildman–Crippen MR) is 62.1 cm³/mol. The lowest BCUT2D eigenvalue weighted by Gasteiger charge is -2.63. The molecular formula is C13H23NO2. The van der Waals surface area contributed by atoms with Gasteiger partial charge in [0.2, 0.25) is 0 Å². The van der Waals surface area contributed by atoms with Crippen LogP contribution < -0.4 is 5.32 Å². The van der Waals surface area contributed by atoms with Crippen LogP contribution in [0.1, 0.15) is 52.4 Å². The fraction of sp³-hybridized carbons (Fsp3) is 1.00. The van der Waals surface area contributed by atoms with Gasteiger partial charge in [0.15, 0.2) is 0 Å². The second kappa shape index (κ2) is 3.01. The van der Waals surface area contributed by atoms with Gasteiger partial charge in [-0.2, -0.15) is 0 Å². The highest BCUT2D eigenvalue weighted by molar-refractivity contribution is 5.18. The first kappa shape index (κ1) is 11.0. The zero-order valence-electron chi connectivity index (χ0n) is 10.3. The molecule has 4 rings (SSSR count). The molecule has 0 spiro atoms. The van der Waals surface area contributed by atoms with Gasteiger partial charge in [0, 0.05) is 18.0 Å². The Balaban J connectivity index is 1.92. The second-order valence-electron chi connectivity index (χ2n) is 7.04. The van der Waals surface area contributed by atoms with E-state index in [-0.39, 0.29) is 5.54 Å². The minimum atomic E-state index is -0.601. The van der Waals surface area contributed by atoms with Crippen LogP contribution in [0, 0.1) is 5.92 Å². The molecule has 0 saturated heterocycles. The van der Waals surface area contributed by atoms with Gasteiger partial charge in [-0.1, -0.05) is 13.8 Å². The van der Waals surface area contributed by atoms with Crippen LogP contribution in [0.4, 0.5) is 0 Å². The minimum absolute atomic E-state index is 0.00289. The van der Waals surface area contributed by atoms with E-state index >= 15 is 0 Å². The molecule has 4 saturated carbocycles. The quantitative estimate of drug-likeness (QED) is 0.661. The molecule has 0 aromatic heterocycles. The Labute approximate surface area is 97.2 Å². The summed E-state index contributed by atoms with van der Waals surface area (Å²) in [6, 6.07) is 0.420. The highest BCUT2D eigenvalue weighted by atomic mass is 16.3.